The first-order chi connectivity index (χ1) is 11.7. The lowest BCUT2D eigenvalue weighted by atomic mass is 10.2. The third-order valence-electron chi connectivity index (χ3n) is 3.25. The molecule has 2 heterocycles. The summed E-state index contributed by atoms with van der Waals surface area (Å²) >= 11 is 0. The normalized spacial score (nSPS) is 11.5. The van der Waals surface area contributed by atoms with E-state index in [9.17, 15) is 9.59 Å². The number of aromatic nitrogens is 3. The van der Waals surface area contributed by atoms with E-state index in [-0.39, 0.29) is 11.6 Å². The van der Waals surface area contributed by atoms with Gasteiger partial charge in [0.05, 0.1) is 11.0 Å². The van der Waals surface area contributed by atoms with E-state index in [0.717, 1.165) is 5.39 Å². The van der Waals surface area contributed by atoms with Gasteiger partial charge in [-0.15, -0.1) is 0 Å². The molecule has 0 aliphatic heterocycles. The van der Waals surface area contributed by atoms with Crippen LogP contribution in [0.1, 0.15) is 31.3 Å². The van der Waals surface area contributed by atoms with Crippen molar-refractivity contribution in [1.29, 1.82) is 0 Å². The number of ether oxygens (including phenoxy) is 1. The topological polar surface area (TPSA) is 124 Å². The zero-order chi connectivity index (χ0) is 18.2. The Hall–Kier alpha value is -3.36. The number of carbonyl (C=O) groups is 2. The Balaban J connectivity index is 1.84. The molecule has 25 heavy (non-hydrogen) atoms. The molecule has 0 atom stereocenters. The summed E-state index contributed by atoms with van der Waals surface area (Å²) in [5.41, 5.74) is 11.1. The molecule has 1 aromatic carbocycles. The van der Waals surface area contributed by atoms with E-state index in [0.29, 0.717) is 11.0 Å². The Labute approximate surface area is 143 Å². The Morgan fingerprint density at radius 3 is 2.64 bits per heavy atom. The molecule has 3 rings (SSSR count). The molecule has 0 bridgehead atoms. The Kier molecular flexibility index (Phi) is 3.91. The number of benzene rings is 1. The number of hydrogen-bond donors (Lipinski definition) is 3. The first-order valence-electron chi connectivity index (χ1n) is 7.58. The van der Waals surface area contributed by atoms with Gasteiger partial charge in [-0.3, -0.25) is 10.2 Å². The van der Waals surface area contributed by atoms with E-state index < -0.39 is 17.6 Å². The summed E-state index contributed by atoms with van der Waals surface area (Å²) in [7, 11) is 0. The van der Waals surface area contributed by atoms with E-state index in [4.69, 9.17) is 10.5 Å². The molecule has 0 radical (unpaired) electrons. The SMILES string of the molecule is CC(C)(C)OC(=O)NNC(=O)c1cc2c3ccccc3nc(N)n2n1. The van der Waals surface area contributed by atoms with Gasteiger partial charge in [-0.25, -0.2) is 15.2 Å². The predicted octanol–water partition coefficient (Wildman–Crippen LogP) is 1.63. The number of rotatable bonds is 1. The number of anilines is 1. The van der Waals surface area contributed by atoms with Gasteiger partial charge in [-0.1, -0.05) is 18.2 Å². The van der Waals surface area contributed by atoms with Gasteiger partial charge in [0, 0.05) is 5.39 Å². The smallest absolute Gasteiger partial charge is 0.426 e. The van der Waals surface area contributed by atoms with Crippen molar-refractivity contribution in [2.24, 2.45) is 0 Å². The summed E-state index contributed by atoms with van der Waals surface area (Å²) in [5, 5.41) is 4.95. The summed E-state index contributed by atoms with van der Waals surface area (Å²) in [5.74, 6) is -0.439. The molecular weight excluding hydrogens is 324 g/mol. The highest BCUT2D eigenvalue weighted by Crippen LogP contribution is 2.21. The van der Waals surface area contributed by atoms with Gasteiger partial charge >= 0.3 is 6.09 Å². The zero-order valence-electron chi connectivity index (χ0n) is 14.0. The summed E-state index contributed by atoms with van der Waals surface area (Å²) < 4.78 is 6.42. The molecule has 0 fully saturated rings. The molecule has 0 spiro atoms. The fourth-order valence-corrected chi connectivity index (χ4v) is 2.29. The third-order valence-corrected chi connectivity index (χ3v) is 3.25. The lowest BCUT2D eigenvalue weighted by Gasteiger charge is -2.19. The fourth-order valence-electron chi connectivity index (χ4n) is 2.29. The summed E-state index contributed by atoms with van der Waals surface area (Å²) in [6.07, 6.45) is -0.767. The van der Waals surface area contributed by atoms with Gasteiger partial charge < -0.3 is 10.5 Å². The van der Waals surface area contributed by atoms with Gasteiger partial charge in [-0.2, -0.15) is 9.61 Å². The number of nitrogens with one attached hydrogen (secondary N) is 2. The van der Waals surface area contributed by atoms with Crippen molar-refractivity contribution in [2.75, 3.05) is 5.73 Å². The number of amides is 2. The molecule has 3 aromatic rings. The second kappa shape index (κ2) is 5.93. The van der Waals surface area contributed by atoms with Crippen LogP contribution in [0.15, 0.2) is 30.3 Å². The molecule has 0 unspecified atom stereocenters. The summed E-state index contributed by atoms with van der Waals surface area (Å²) in [6, 6.07) is 8.96. The first kappa shape index (κ1) is 16.5. The predicted molar refractivity (Wildman–Crippen MR) is 91.7 cm³/mol. The van der Waals surface area contributed by atoms with Crippen molar-refractivity contribution in [2.45, 2.75) is 26.4 Å². The Morgan fingerprint density at radius 1 is 1.20 bits per heavy atom. The highest BCUT2D eigenvalue weighted by atomic mass is 16.6. The number of carbonyl (C=O) groups excluding carboxylic acids is 2. The van der Waals surface area contributed by atoms with Crippen LogP contribution in [0.5, 0.6) is 0 Å². The highest BCUT2D eigenvalue weighted by molar-refractivity contribution is 5.99. The second-order valence-electron chi connectivity index (χ2n) is 6.39. The van der Waals surface area contributed by atoms with Crippen LogP contribution in [-0.2, 0) is 4.74 Å². The molecule has 0 saturated heterocycles. The Bertz CT molecular complexity index is 973. The van der Waals surface area contributed by atoms with Crippen molar-refractivity contribution in [3.63, 3.8) is 0 Å². The second-order valence-corrected chi connectivity index (χ2v) is 6.39. The minimum Gasteiger partial charge on any atom is -0.443 e. The van der Waals surface area contributed by atoms with Crippen molar-refractivity contribution in [1.82, 2.24) is 25.4 Å². The Morgan fingerprint density at radius 2 is 1.92 bits per heavy atom. The number of nitrogen functional groups attached to an aromatic ring is 1. The summed E-state index contributed by atoms with van der Waals surface area (Å²) in [4.78, 5) is 28.1. The number of hydrogen-bond acceptors (Lipinski definition) is 6. The molecule has 9 nitrogen and oxygen atoms in total. The molecule has 130 valence electrons. The van der Waals surface area contributed by atoms with Gasteiger partial charge in [0.2, 0.25) is 5.95 Å². The number of nitrogens with zero attached hydrogens (tertiary/aromatic N) is 3. The molecule has 2 aromatic heterocycles. The maximum atomic E-state index is 12.2. The van der Waals surface area contributed by atoms with Gasteiger partial charge in [0.15, 0.2) is 5.69 Å². The van der Waals surface area contributed by atoms with Crippen LogP contribution < -0.4 is 16.6 Å². The van der Waals surface area contributed by atoms with E-state index in [2.05, 4.69) is 20.9 Å². The maximum absolute atomic E-state index is 12.2. The van der Waals surface area contributed by atoms with Gasteiger partial charge in [0.1, 0.15) is 5.60 Å². The van der Waals surface area contributed by atoms with E-state index in [1.807, 2.05) is 24.3 Å². The minimum atomic E-state index is -0.767. The van der Waals surface area contributed by atoms with Crippen LogP contribution in [0.2, 0.25) is 0 Å². The van der Waals surface area contributed by atoms with Crippen LogP contribution >= 0.6 is 0 Å². The minimum absolute atomic E-state index is 0.0842. The van der Waals surface area contributed by atoms with Gasteiger partial charge in [0.25, 0.3) is 5.91 Å². The van der Waals surface area contributed by atoms with E-state index in [1.165, 1.54) is 4.52 Å². The maximum Gasteiger partial charge on any atom is 0.426 e. The van der Waals surface area contributed by atoms with E-state index in [1.54, 1.807) is 26.8 Å². The van der Waals surface area contributed by atoms with Gasteiger partial charge in [-0.05, 0) is 32.9 Å². The molecule has 2 amide bonds. The molecule has 0 aliphatic rings. The lowest BCUT2D eigenvalue weighted by Crippen LogP contribution is -2.44. The molecular formula is C16H18N6O3. The van der Waals surface area contributed by atoms with Crippen LogP contribution in [0, 0.1) is 0 Å². The zero-order valence-corrected chi connectivity index (χ0v) is 14.0. The van der Waals surface area contributed by atoms with Crippen molar-refractivity contribution >= 4 is 34.4 Å². The van der Waals surface area contributed by atoms with Crippen molar-refractivity contribution in [3.05, 3.63) is 36.0 Å². The first-order valence-corrected chi connectivity index (χ1v) is 7.58. The number of fused-ring (bicyclic) bond motifs is 3. The van der Waals surface area contributed by atoms with Crippen LogP contribution in [0.25, 0.3) is 16.4 Å². The molecule has 0 aliphatic carbocycles. The number of nitrogens with two attached hydrogens (primary N) is 1. The highest BCUT2D eigenvalue weighted by Gasteiger charge is 2.18. The van der Waals surface area contributed by atoms with Crippen molar-refractivity contribution in [3.8, 4) is 0 Å². The average Bonchev–Trinajstić information content (AvgIpc) is 2.97. The summed E-state index contributed by atoms with van der Waals surface area (Å²) in [6.45, 7) is 5.16. The van der Waals surface area contributed by atoms with Crippen molar-refractivity contribution < 1.29 is 14.3 Å². The van der Waals surface area contributed by atoms with Crippen LogP contribution in [0.3, 0.4) is 0 Å². The lowest BCUT2D eigenvalue weighted by molar-refractivity contribution is 0.0483. The third kappa shape index (κ3) is 3.44. The number of para-hydroxylation sites is 1. The standard InChI is InChI=1S/C16H18N6O3/c1-16(2,3)25-15(24)20-19-13(23)11-8-12-9-6-4-5-7-10(9)18-14(17)22(12)21-11/h4-8H,1-3H3,(H2,17,18)(H,19,23)(H,20,24). The largest absolute Gasteiger partial charge is 0.443 e. The molecule has 4 N–H and O–H groups in total. The van der Waals surface area contributed by atoms with Crippen LogP contribution in [0.4, 0.5) is 10.7 Å². The van der Waals surface area contributed by atoms with E-state index >= 15 is 0 Å². The monoisotopic (exact) mass is 342 g/mol. The number of hydrazine groups is 1. The molecule has 9 heteroatoms. The average molecular weight is 342 g/mol. The molecule has 0 saturated carbocycles. The quantitative estimate of drug-likeness (QED) is 0.578. The fraction of sp³-hybridized carbons (Fsp3) is 0.250. The van der Waals surface area contributed by atoms with Crippen LogP contribution in [-0.4, -0.2) is 32.2 Å².